The van der Waals surface area contributed by atoms with Crippen LogP contribution in [0.5, 0.6) is 0 Å². The third kappa shape index (κ3) is 7.30. The Morgan fingerprint density at radius 2 is 1.95 bits per heavy atom. The van der Waals surface area contributed by atoms with Crippen molar-refractivity contribution in [2.24, 2.45) is 4.99 Å². The zero-order valence-corrected chi connectivity index (χ0v) is 17.3. The molecule has 3 nitrogen and oxygen atoms in total. The molecule has 0 amide bonds. The first-order chi connectivity index (χ1) is 9.47. The number of hydrogen-bond acceptors (Lipinski definition) is 2. The number of benzene rings is 1. The maximum Gasteiger partial charge on any atom is 0.191 e. The maximum atomic E-state index is 6.04. The Morgan fingerprint density at radius 3 is 2.48 bits per heavy atom. The molecule has 1 aromatic rings. The van der Waals surface area contributed by atoms with Crippen LogP contribution in [0.2, 0.25) is 10.0 Å². The number of nitrogens with zero attached hydrogens (tertiary/aromatic N) is 1. The van der Waals surface area contributed by atoms with Gasteiger partial charge in [0.05, 0.1) is 16.1 Å². The second-order valence-electron chi connectivity index (χ2n) is 4.54. The topological polar surface area (TPSA) is 36.4 Å². The number of thioether (sulfide) groups is 1. The predicted octanol–water partition coefficient (Wildman–Crippen LogP) is 4.59. The largest absolute Gasteiger partial charge is 0.355 e. The van der Waals surface area contributed by atoms with Crippen LogP contribution >= 0.6 is 58.9 Å². The lowest BCUT2D eigenvalue weighted by atomic mass is 10.1. The van der Waals surface area contributed by atoms with Crippen molar-refractivity contribution in [3.05, 3.63) is 33.8 Å². The summed E-state index contributed by atoms with van der Waals surface area (Å²) in [5.41, 5.74) is 1.07. The van der Waals surface area contributed by atoms with Crippen molar-refractivity contribution in [2.45, 2.75) is 25.1 Å². The van der Waals surface area contributed by atoms with Crippen LogP contribution in [-0.2, 0) is 0 Å². The summed E-state index contributed by atoms with van der Waals surface area (Å²) < 4.78 is 0. The Kier molecular flexibility index (Phi) is 10.9. The SMILES string of the molecule is CN=C(NCC(C)SC)NC(C)c1ccc(Cl)c(Cl)c1.I. The van der Waals surface area contributed by atoms with Gasteiger partial charge < -0.3 is 10.6 Å². The van der Waals surface area contributed by atoms with Crippen LogP contribution in [0.3, 0.4) is 0 Å². The molecule has 0 aliphatic carbocycles. The average molecular weight is 462 g/mol. The molecular weight excluding hydrogens is 440 g/mol. The molecule has 0 saturated heterocycles. The fraction of sp³-hybridized carbons (Fsp3) is 0.500. The summed E-state index contributed by atoms with van der Waals surface area (Å²) in [7, 11) is 1.76. The van der Waals surface area contributed by atoms with Gasteiger partial charge in [-0.15, -0.1) is 24.0 Å². The van der Waals surface area contributed by atoms with E-state index in [1.54, 1.807) is 7.05 Å². The molecule has 0 radical (unpaired) electrons. The van der Waals surface area contributed by atoms with E-state index in [9.17, 15) is 0 Å². The van der Waals surface area contributed by atoms with Crippen LogP contribution < -0.4 is 10.6 Å². The zero-order valence-electron chi connectivity index (χ0n) is 12.6. The van der Waals surface area contributed by atoms with Crippen LogP contribution in [0.15, 0.2) is 23.2 Å². The molecule has 0 aliphatic heterocycles. The molecule has 2 unspecified atom stereocenters. The van der Waals surface area contributed by atoms with Gasteiger partial charge in [0.15, 0.2) is 5.96 Å². The van der Waals surface area contributed by atoms with Gasteiger partial charge in [0.2, 0.25) is 0 Å². The zero-order chi connectivity index (χ0) is 15.1. The van der Waals surface area contributed by atoms with Crippen molar-refractivity contribution in [3.63, 3.8) is 0 Å². The number of halogens is 3. The van der Waals surface area contributed by atoms with E-state index in [0.717, 1.165) is 18.1 Å². The van der Waals surface area contributed by atoms with Gasteiger partial charge in [0, 0.05) is 18.8 Å². The number of guanidine groups is 1. The highest BCUT2D eigenvalue weighted by molar-refractivity contribution is 14.0. The fourth-order valence-corrected chi connectivity index (χ4v) is 2.15. The quantitative estimate of drug-likeness (QED) is 0.382. The Bertz CT molecular complexity index is 472. The molecule has 21 heavy (non-hydrogen) atoms. The molecule has 7 heteroatoms. The minimum absolute atomic E-state index is 0. The highest BCUT2D eigenvalue weighted by Gasteiger charge is 2.10. The van der Waals surface area contributed by atoms with Gasteiger partial charge in [-0.05, 0) is 30.9 Å². The predicted molar refractivity (Wildman–Crippen MR) is 108 cm³/mol. The van der Waals surface area contributed by atoms with Crippen molar-refractivity contribution < 1.29 is 0 Å². The molecule has 0 heterocycles. The van der Waals surface area contributed by atoms with Gasteiger partial charge in [-0.25, -0.2) is 0 Å². The molecule has 1 rings (SSSR count). The molecule has 0 spiro atoms. The van der Waals surface area contributed by atoms with Gasteiger partial charge in [-0.1, -0.05) is 36.2 Å². The molecule has 0 aliphatic rings. The second-order valence-corrected chi connectivity index (χ2v) is 6.63. The lowest BCUT2D eigenvalue weighted by molar-refractivity contribution is 0.684. The van der Waals surface area contributed by atoms with Crippen LogP contribution in [0.1, 0.15) is 25.5 Å². The number of nitrogens with one attached hydrogen (secondary N) is 2. The van der Waals surface area contributed by atoms with E-state index in [-0.39, 0.29) is 30.0 Å². The smallest absolute Gasteiger partial charge is 0.191 e. The molecule has 2 atom stereocenters. The summed E-state index contributed by atoms with van der Waals surface area (Å²) in [5, 5.41) is 8.31. The lowest BCUT2D eigenvalue weighted by Gasteiger charge is -2.20. The highest BCUT2D eigenvalue weighted by atomic mass is 127. The van der Waals surface area contributed by atoms with Crippen molar-refractivity contribution in [1.29, 1.82) is 0 Å². The van der Waals surface area contributed by atoms with E-state index >= 15 is 0 Å². The minimum Gasteiger partial charge on any atom is -0.355 e. The Hall–Kier alpha value is 0.150. The Balaban J connectivity index is 0.00000400. The molecule has 2 N–H and O–H groups in total. The van der Waals surface area contributed by atoms with Gasteiger partial charge in [0.25, 0.3) is 0 Å². The van der Waals surface area contributed by atoms with E-state index in [4.69, 9.17) is 23.2 Å². The molecular formula is C14H22Cl2IN3S. The van der Waals surface area contributed by atoms with E-state index in [2.05, 4.69) is 35.7 Å². The summed E-state index contributed by atoms with van der Waals surface area (Å²) in [6, 6.07) is 5.74. The molecule has 0 aromatic heterocycles. The second kappa shape index (κ2) is 10.8. The first kappa shape index (κ1) is 21.1. The third-order valence-corrected chi connectivity index (χ3v) is 4.69. The van der Waals surface area contributed by atoms with Crippen molar-refractivity contribution in [1.82, 2.24) is 10.6 Å². The minimum atomic E-state index is 0. The van der Waals surface area contributed by atoms with Crippen LogP contribution in [0.4, 0.5) is 0 Å². The first-order valence-corrected chi connectivity index (χ1v) is 8.47. The summed E-state index contributed by atoms with van der Waals surface area (Å²) in [6.07, 6.45) is 2.10. The van der Waals surface area contributed by atoms with Gasteiger partial charge in [-0.3, -0.25) is 4.99 Å². The summed E-state index contributed by atoms with van der Waals surface area (Å²) >= 11 is 13.8. The normalized spacial score (nSPS) is 14.1. The first-order valence-electron chi connectivity index (χ1n) is 6.42. The third-order valence-electron chi connectivity index (χ3n) is 2.98. The monoisotopic (exact) mass is 461 g/mol. The molecule has 120 valence electrons. The van der Waals surface area contributed by atoms with Gasteiger partial charge >= 0.3 is 0 Å². The van der Waals surface area contributed by atoms with E-state index in [1.165, 1.54) is 0 Å². The highest BCUT2D eigenvalue weighted by Crippen LogP contribution is 2.25. The summed E-state index contributed by atoms with van der Waals surface area (Å²) in [5.74, 6) is 0.782. The van der Waals surface area contributed by atoms with Crippen molar-refractivity contribution >= 4 is 64.9 Å². The van der Waals surface area contributed by atoms with Crippen molar-refractivity contribution in [3.8, 4) is 0 Å². The summed E-state index contributed by atoms with van der Waals surface area (Å²) in [4.78, 5) is 4.23. The number of aliphatic imine (C=N–C) groups is 1. The van der Waals surface area contributed by atoms with Crippen LogP contribution in [0.25, 0.3) is 0 Å². The number of hydrogen-bond donors (Lipinski definition) is 2. The van der Waals surface area contributed by atoms with Crippen LogP contribution in [0, 0.1) is 0 Å². The fourth-order valence-electron chi connectivity index (χ4n) is 1.59. The van der Waals surface area contributed by atoms with E-state index < -0.39 is 0 Å². The Morgan fingerprint density at radius 1 is 1.29 bits per heavy atom. The van der Waals surface area contributed by atoms with E-state index in [1.807, 2.05) is 30.0 Å². The van der Waals surface area contributed by atoms with Gasteiger partial charge in [0.1, 0.15) is 0 Å². The number of rotatable bonds is 5. The molecule has 1 aromatic carbocycles. The standard InChI is InChI=1S/C14H21Cl2N3S.HI/c1-9(20-4)8-18-14(17-3)19-10(2)11-5-6-12(15)13(16)7-11;/h5-7,9-10H,8H2,1-4H3,(H2,17,18,19);1H. The van der Waals surface area contributed by atoms with Gasteiger partial charge in [-0.2, -0.15) is 11.8 Å². The summed E-state index contributed by atoms with van der Waals surface area (Å²) in [6.45, 7) is 5.10. The lowest BCUT2D eigenvalue weighted by Crippen LogP contribution is -2.41. The molecule has 0 fully saturated rings. The van der Waals surface area contributed by atoms with E-state index in [0.29, 0.717) is 15.3 Å². The average Bonchev–Trinajstić information content (AvgIpc) is 2.45. The van der Waals surface area contributed by atoms with Crippen molar-refractivity contribution in [2.75, 3.05) is 19.8 Å². The Labute approximate surface area is 158 Å². The molecule has 0 bridgehead atoms. The maximum absolute atomic E-state index is 6.04. The molecule has 0 saturated carbocycles. The van der Waals surface area contributed by atoms with Crippen LogP contribution in [-0.4, -0.2) is 31.1 Å².